The molecular weight excluding hydrogens is 422 g/mol. The van der Waals surface area contributed by atoms with Gasteiger partial charge in [0.15, 0.2) is 11.7 Å². The summed E-state index contributed by atoms with van der Waals surface area (Å²) in [4.78, 5) is 34.5. The average Bonchev–Trinajstić information content (AvgIpc) is 3.42. The van der Waals surface area contributed by atoms with Gasteiger partial charge in [-0.1, -0.05) is 11.3 Å². The van der Waals surface area contributed by atoms with Crippen molar-refractivity contribution in [3.05, 3.63) is 6.20 Å². The standard InChI is InChI=1S/C19H27N7O4S/c1-5-29-15(27)11-26-22-16(21-23-26)14-6-20-17(31-14)24-7-12-9-25(10-13(12)8-24)18(28)30-19(2,3)4/h6,12-13H,5,7-11H2,1-4H3/t12-,13?/m1/s1. The van der Waals surface area contributed by atoms with Crippen molar-refractivity contribution < 1.29 is 19.1 Å². The largest absolute Gasteiger partial charge is 0.465 e. The van der Waals surface area contributed by atoms with E-state index < -0.39 is 11.6 Å². The van der Waals surface area contributed by atoms with Crippen LogP contribution in [0.2, 0.25) is 0 Å². The molecule has 168 valence electrons. The van der Waals surface area contributed by atoms with Gasteiger partial charge in [0.05, 0.1) is 17.7 Å². The Bertz CT molecular complexity index is 939. The van der Waals surface area contributed by atoms with Gasteiger partial charge in [-0.2, -0.15) is 4.80 Å². The van der Waals surface area contributed by atoms with Crippen molar-refractivity contribution in [1.82, 2.24) is 30.1 Å². The molecule has 0 saturated carbocycles. The molecule has 1 unspecified atom stereocenters. The molecule has 12 heteroatoms. The van der Waals surface area contributed by atoms with Gasteiger partial charge in [-0.15, -0.1) is 10.2 Å². The SMILES string of the molecule is CCOC(=O)Cn1nnc(-c2cnc(N3CC4CN(C(=O)OC(C)(C)C)C[C@H]4C3)s2)n1. The van der Waals surface area contributed by atoms with Crippen LogP contribution in [0.15, 0.2) is 6.20 Å². The van der Waals surface area contributed by atoms with Crippen LogP contribution in [-0.4, -0.2) is 80.5 Å². The number of hydrogen-bond acceptors (Lipinski definition) is 10. The van der Waals surface area contributed by atoms with Crippen molar-refractivity contribution in [3.63, 3.8) is 0 Å². The maximum Gasteiger partial charge on any atom is 0.410 e. The molecule has 2 aromatic heterocycles. The van der Waals surface area contributed by atoms with Gasteiger partial charge in [0, 0.05) is 38.0 Å². The number of thiazole rings is 1. The Labute approximate surface area is 184 Å². The van der Waals surface area contributed by atoms with Crippen molar-refractivity contribution >= 4 is 28.5 Å². The molecule has 4 heterocycles. The van der Waals surface area contributed by atoms with Crippen molar-refractivity contribution in [2.24, 2.45) is 11.8 Å². The summed E-state index contributed by atoms with van der Waals surface area (Å²) in [5.74, 6) is 0.843. The second-order valence-electron chi connectivity index (χ2n) is 8.77. The number of tetrazole rings is 1. The number of hydrogen-bond donors (Lipinski definition) is 0. The van der Waals surface area contributed by atoms with E-state index in [1.54, 1.807) is 13.1 Å². The molecule has 2 saturated heterocycles. The first-order valence-electron chi connectivity index (χ1n) is 10.3. The molecule has 0 aromatic carbocycles. The fourth-order valence-corrected chi connectivity index (χ4v) is 4.73. The number of ether oxygens (including phenoxy) is 2. The molecule has 2 aromatic rings. The Morgan fingerprint density at radius 1 is 1.19 bits per heavy atom. The zero-order chi connectivity index (χ0) is 22.2. The highest BCUT2D eigenvalue weighted by Gasteiger charge is 2.43. The number of carbonyl (C=O) groups excluding carboxylic acids is 2. The molecule has 0 spiro atoms. The summed E-state index contributed by atoms with van der Waals surface area (Å²) in [6.07, 6.45) is 1.49. The molecule has 0 N–H and O–H groups in total. The zero-order valence-electron chi connectivity index (χ0n) is 18.1. The lowest BCUT2D eigenvalue weighted by Gasteiger charge is -2.25. The minimum absolute atomic E-state index is 0.0733. The van der Waals surface area contributed by atoms with E-state index in [-0.39, 0.29) is 12.6 Å². The minimum Gasteiger partial charge on any atom is -0.465 e. The molecule has 2 atom stereocenters. The number of nitrogens with zero attached hydrogens (tertiary/aromatic N) is 7. The van der Waals surface area contributed by atoms with Crippen LogP contribution >= 0.6 is 11.3 Å². The van der Waals surface area contributed by atoms with E-state index in [0.29, 0.717) is 37.4 Å². The maximum atomic E-state index is 12.3. The van der Waals surface area contributed by atoms with Gasteiger partial charge in [0.1, 0.15) is 5.60 Å². The number of carbonyl (C=O) groups is 2. The second-order valence-corrected chi connectivity index (χ2v) is 9.78. The van der Waals surface area contributed by atoms with E-state index >= 15 is 0 Å². The van der Waals surface area contributed by atoms with E-state index in [1.807, 2.05) is 25.7 Å². The molecule has 0 aliphatic carbocycles. The lowest BCUT2D eigenvalue weighted by atomic mass is 10.0. The quantitative estimate of drug-likeness (QED) is 0.628. The number of rotatable bonds is 5. The first kappa shape index (κ1) is 21.5. The van der Waals surface area contributed by atoms with E-state index in [0.717, 1.165) is 23.1 Å². The van der Waals surface area contributed by atoms with Crippen molar-refractivity contribution in [2.75, 3.05) is 37.7 Å². The normalized spacial score (nSPS) is 20.8. The van der Waals surface area contributed by atoms with Crippen LogP contribution in [0.1, 0.15) is 27.7 Å². The van der Waals surface area contributed by atoms with E-state index in [2.05, 4.69) is 25.3 Å². The van der Waals surface area contributed by atoms with Gasteiger partial charge in [0.25, 0.3) is 0 Å². The van der Waals surface area contributed by atoms with Gasteiger partial charge >= 0.3 is 12.1 Å². The van der Waals surface area contributed by atoms with E-state index in [1.165, 1.54) is 16.1 Å². The van der Waals surface area contributed by atoms with Crippen LogP contribution in [0.4, 0.5) is 9.93 Å². The third-order valence-corrected chi connectivity index (χ3v) is 6.21. The highest BCUT2D eigenvalue weighted by molar-refractivity contribution is 7.18. The Hall–Kier alpha value is -2.76. The summed E-state index contributed by atoms with van der Waals surface area (Å²) in [5, 5.41) is 13.1. The van der Waals surface area contributed by atoms with Crippen LogP contribution in [-0.2, 0) is 20.8 Å². The summed E-state index contributed by atoms with van der Waals surface area (Å²) >= 11 is 1.49. The third-order valence-electron chi connectivity index (χ3n) is 5.15. The van der Waals surface area contributed by atoms with Crippen LogP contribution in [0.5, 0.6) is 0 Å². The van der Waals surface area contributed by atoms with Gasteiger partial charge in [0.2, 0.25) is 5.82 Å². The predicted molar refractivity (Wildman–Crippen MR) is 113 cm³/mol. The summed E-state index contributed by atoms with van der Waals surface area (Å²) in [6, 6.07) is 0. The summed E-state index contributed by atoms with van der Waals surface area (Å²) < 4.78 is 10.4. The number of aromatic nitrogens is 5. The summed E-state index contributed by atoms with van der Waals surface area (Å²) in [7, 11) is 0. The number of anilines is 1. The Balaban J connectivity index is 1.34. The monoisotopic (exact) mass is 449 g/mol. The molecule has 2 aliphatic rings. The van der Waals surface area contributed by atoms with Crippen molar-refractivity contribution in [2.45, 2.75) is 39.8 Å². The third kappa shape index (κ3) is 4.94. The average molecular weight is 450 g/mol. The first-order chi connectivity index (χ1) is 14.7. The van der Waals surface area contributed by atoms with Crippen LogP contribution in [0, 0.1) is 11.8 Å². The summed E-state index contributed by atoms with van der Waals surface area (Å²) in [6.45, 7) is 10.7. The minimum atomic E-state index is -0.482. The lowest BCUT2D eigenvalue weighted by Crippen LogP contribution is -2.37. The second kappa shape index (κ2) is 8.40. The first-order valence-corrected chi connectivity index (χ1v) is 11.2. The number of amides is 1. The van der Waals surface area contributed by atoms with Gasteiger partial charge in [-0.25, -0.2) is 14.6 Å². The highest BCUT2D eigenvalue weighted by atomic mass is 32.1. The number of likely N-dealkylation sites (tertiary alicyclic amines) is 1. The van der Waals surface area contributed by atoms with Crippen molar-refractivity contribution in [3.8, 4) is 10.7 Å². The van der Waals surface area contributed by atoms with Gasteiger partial charge in [-0.3, -0.25) is 0 Å². The zero-order valence-corrected chi connectivity index (χ0v) is 19.0. The topological polar surface area (TPSA) is 116 Å². The van der Waals surface area contributed by atoms with E-state index in [9.17, 15) is 9.59 Å². The van der Waals surface area contributed by atoms with Gasteiger partial charge in [-0.05, 0) is 32.9 Å². The molecule has 0 radical (unpaired) electrons. The Morgan fingerprint density at radius 2 is 1.90 bits per heavy atom. The molecule has 11 nitrogen and oxygen atoms in total. The summed E-state index contributed by atoms with van der Waals surface area (Å²) in [5.41, 5.74) is -0.482. The predicted octanol–water partition coefficient (Wildman–Crippen LogP) is 1.66. The molecule has 4 rings (SSSR count). The molecular formula is C19H27N7O4S. The van der Waals surface area contributed by atoms with E-state index in [4.69, 9.17) is 9.47 Å². The smallest absolute Gasteiger partial charge is 0.410 e. The molecule has 31 heavy (non-hydrogen) atoms. The fourth-order valence-electron chi connectivity index (χ4n) is 3.87. The lowest BCUT2D eigenvalue weighted by molar-refractivity contribution is -0.144. The van der Waals surface area contributed by atoms with Crippen LogP contribution < -0.4 is 4.90 Å². The molecule has 2 fully saturated rings. The van der Waals surface area contributed by atoms with Crippen LogP contribution in [0.25, 0.3) is 10.7 Å². The van der Waals surface area contributed by atoms with Gasteiger partial charge < -0.3 is 19.3 Å². The highest BCUT2D eigenvalue weighted by Crippen LogP contribution is 2.37. The molecule has 0 bridgehead atoms. The maximum absolute atomic E-state index is 12.3. The Morgan fingerprint density at radius 3 is 2.55 bits per heavy atom. The number of fused-ring (bicyclic) bond motifs is 1. The molecule has 2 aliphatic heterocycles. The fraction of sp³-hybridized carbons (Fsp3) is 0.684. The number of esters is 1. The Kier molecular flexibility index (Phi) is 5.82. The molecule has 1 amide bonds. The van der Waals surface area contributed by atoms with Crippen molar-refractivity contribution in [1.29, 1.82) is 0 Å². The van der Waals surface area contributed by atoms with Crippen LogP contribution in [0.3, 0.4) is 0 Å².